The number of fused-ring (bicyclic) bond motifs is 1. The van der Waals surface area contributed by atoms with Crippen molar-refractivity contribution in [1.82, 2.24) is 4.98 Å². The topological polar surface area (TPSA) is 71.1 Å². The highest BCUT2D eigenvalue weighted by Crippen LogP contribution is 2.31. The Labute approximate surface area is 138 Å². The number of aryl methyl sites for hydroxylation is 2. The maximum Gasteiger partial charge on any atom is 0.257 e. The molecule has 0 bridgehead atoms. The van der Waals surface area contributed by atoms with E-state index in [1.54, 1.807) is 35.6 Å². The second-order valence-corrected chi connectivity index (χ2v) is 7.12. The van der Waals surface area contributed by atoms with Crippen LogP contribution in [-0.4, -0.2) is 16.8 Å². The minimum Gasteiger partial charge on any atom is -0.326 e. The van der Waals surface area contributed by atoms with Gasteiger partial charge in [-0.15, -0.1) is 11.3 Å². The molecule has 0 unspecified atom stereocenters. The number of thiazole rings is 1. The van der Waals surface area contributed by atoms with Crippen LogP contribution < -0.4 is 10.6 Å². The van der Waals surface area contributed by atoms with Crippen molar-refractivity contribution in [3.63, 3.8) is 0 Å². The van der Waals surface area contributed by atoms with Gasteiger partial charge in [-0.3, -0.25) is 14.9 Å². The Kier molecular flexibility index (Phi) is 3.61. The first-order chi connectivity index (χ1) is 11.2. The number of nitrogens with one attached hydrogen (secondary N) is 2. The molecular formula is C17H17N3O2S. The average Bonchev–Trinajstić information content (AvgIpc) is 3.19. The zero-order valence-corrected chi connectivity index (χ0v) is 13.4. The third kappa shape index (κ3) is 3.12. The summed E-state index contributed by atoms with van der Waals surface area (Å²) in [6.07, 6.45) is 5.14. The predicted octanol–water partition coefficient (Wildman–Crippen LogP) is 3.23. The molecule has 1 aromatic heterocycles. The average molecular weight is 327 g/mol. The molecular weight excluding hydrogens is 310 g/mol. The number of amides is 2. The second-order valence-electron chi connectivity index (χ2n) is 6.04. The Balaban J connectivity index is 1.45. The van der Waals surface area contributed by atoms with Gasteiger partial charge in [0.25, 0.3) is 5.91 Å². The Hall–Kier alpha value is -2.21. The van der Waals surface area contributed by atoms with Crippen LogP contribution >= 0.6 is 11.3 Å². The van der Waals surface area contributed by atoms with Gasteiger partial charge in [0.2, 0.25) is 5.91 Å². The van der Waals surface area contributed by atoms with Crippen LogP contribution in [0.1, 0.15) is 40.2 Å². The smallest absolute Gasteiger partial charge is 0.257 e. The molecule has 6 heteroatoms. The fourth-order valence-electron chi connectivity index (χ4n) is 2.74. The Morgan fingerprint density at radius 3 is 2.83 bits per heavy atom. The Bertz CT molecular complexity index is 758. The number of benzene rings is 1. The van der Waals surface area contributed by atoms with Gasteiger partial charge in [0, 0.05) is 22.0 Å². The quantitative estimate of drug-likeness (QED) is 0.905. The molecule has 2 aromatic rings. The molecule has 1 fully saturated rings. The highest BCUT2D eigenvalue weighted by Gasteiger charge is 2.29. The number of hydrogen-bond acceptors (Lipinski definition) is 4. The van der Waals surface area contributed by atoms with E-state index in [-0.39, 0.29) is 17.7 Å². The lowest BCUT2D eigenvalue weighted by Gasteiger charge is -2.07. The van der Waals surface area contributed by atoms with E-state index in [4.69, 9.17) is 0 Å². The summed E-state index contributed by atoms with van der Waals surface area (Å²) in [6, 6.07) is 7.02. The van der Waals surface area contributed by atoms with E-state index >= 15 is 0 Å². The molecule has 2 aliphatic carbocycles. The molecule has 1 saturated carbocycles. The molecule has 2 aliphatic rings. The van der Waals surface area contributed by atoms with Gasteiger partial charge < -0.3 is 5.32 Å². The fraction of sp³-hybridized carbons (Fsp3) is 0.353. The van der Waals surface area contributed by atoms with Gasteiger partial charge in [-0.25, -0.2) is 4.98 Å². The van der Waals surface area contributed by atoms with Gasteiger partial charge in [0.15, 0.2) is 5.13 Å². The number of hydrogen-bond donors (Lipinski definition) is 2. The molecule has 118 valence electrons. The van der Waals surface area contributed by atoms with Crippen molar-refractivity contribution in [3.05, 3.63) is 40.4 Å². The zero-order valence-electron chi connectivity index (χ0n) is 12.6. The van der Waals surface area contributed by atoms with Crippen LogP contribution in [0.4, 0.5) is 10.8 Å². The lowest BCUT2D eigenvalue weighted by molar-refractivity contribution is -0.117. The normalized spacial score (nSPS) is 16.0. The Morgan fingerprint density at radius 2 is 2.04 bits per heavy atom. The fourth-order valence-corrected chi connectivity index (χ4v) is 3.79. The summed E-state index contributed by atoms with van der Waals surface area (Å²) in [5.74, 6) is -0.0102. The second kappa shape index (κ2) is 5.77. The van der Waals surface area contributed by atoms with Gasteiger partial charge in [-0.05, 0) is 50.3 Å². The van der Waals surface area contributed by atoms with Crippen molar-refractivity contribution in [2.24, 2.45) is 5.92 Å². The molecule has 0 spiro atoms. The lowest BCUT2D eigenvalue weighted by atomic mass is 10.2. The predicted molar refractivity (Wildman–Crippen MR) is 89.9 cm³/mol. The zero-order chi connectivity index (χ0) is 15.8. The molecule has 4 rings (SSSR count). The molecule has 1 aromatic carbocycles. The highest BCUT2D eigenvalue weighted by atomic mass is 32.1. The van der Waals surface area contributed by atoms with E-state index < -0.39 is 0 Å². The van der Waals surface area contributed by atoms with Crippen LogP contribution in [0.5, 0.6) is 0 Å². The molecule has 5 nitrogen and oxygen atoms in total. The summed E-state index contributed by atoms with van der Waals surface area (Å²) in [7, 11) is 0. The van der Waals surface area contributed by atoms with Crippen molar-refractivity contribution in [3.8, 4) is 0 Å². The third-order valence-corrected chi connectivity index (χ3v) is 5.23. The van der Waals surface area contributed by atoms with E-state index in [2.05, 4.69) is 15.6 Å². The van der Waals surface area contributed by atoms with Crippen LogP contribution in [0.2, 0.25) is 0 Å². The van der Waals surface area contributed by atoms with E-state index in [1.165, 1.54) is 4.88 Å². The van der Waals surface area contributed by atoms with E-state index in [1.807, 2.05) is 0 Å². The molecule has 0 radical (unpaired) electrons. The highest BCUT2D eigenvalue weighted by molar-refractivity contribution is 7.16. The largest absolute Gasteiger partial charge is 0.326 e. The number of aromatic nitrogens is 1. The van der Waals surface area contributed by atoms with Gasteiger partial charge in [-0.1, -0.05) is 6.07 Å². The molecule has 0 aliphatic heterocycles. The van der Waals surface area contributed by atoms with Crippen molar-refractivity contribution in [2.45, 2.75) is 32.1 Å². The van der Waals surface area contributed by atoms with E-state index in [0.717, 1.165) is 37.8 Å². The van der Waals surface area contributed by atoms with E-state index in [0.29, 0.717) is 16.4 Å². The number of carbonyl (C=O) groups excluding carboxylic acids is 2. The molecule has 2 amide bonds. The van der Waals surface area contributed by atoms with Crippen molar-refractivity contribution < 1.29 is 9.59 Å². The molecule has 0 saturated heterocycles. The number of anilines is 2. The van der Waals surface area contributed by atoms with Gasteiger partial charge >= 0.3 is 0 Å². The van der Waals surface area contributed by atoms with Crippen LogP contribution in [0.15, 0.2) is 24.3 Å². The first-order valence-electron chi connectivity index (χ1n) is 7.90. The maximum absolute atomic E-state index is 12.4. The summed E-state index contributed by atoms with van der Waals surface area (Å²) < 4.78 is 0. The Morgan fingerprint density at radius 1 is 1.17 bits per heavy atom. The van der Waals surface area contributed by atoms with Crippen molar-refractivity contribution >= 4 is 34.0 Å². The summed E-state index contributed by atoms with van der Waals surface area (Å²) in [4.78, 5) is 29.9. The number of rotatable bonds is 4. The summed E-state index contributed by atoms with van der Waals surface area (Å²) in [5.41, 5.74) is 2.31. The van der Waals surface area contributed by atoms with Gasteiger partial charge in [0.1, 0.15) is 0 Å². The van der Waals surface area contributed by atoms with Gasteiger partial charge in [-0.2, -0.15) is 0 Å². The maximum atomic E-state index is 12.4. The van der Waals surface area contributed by atoms with Crippen LogP contribution in [0, 0.1) is 5.92 Å². The third-order valence-electron chi connectivity index (χ3n) is 4.16. The monoisotopic (exact) mass is 327 g/mol. The SMILES string of the molecule is O=C(Nc1nc2c(s1)CCC2)c1cccc(NC(=O)C2CC2)c1. The molecule has 2 N–H and O–H groups in total. The van der Waals surface area contributed by atoms with Crippen molar-refractivity contribution in [1.29, 1.82) is 0 Å². The summed E-state index contributed by atoms with van der Waals surface area (Å²) in [5, 5.41) is 6.38. The first kappa shape index (κ1) is 14.4. The summed E-state index contributed by atoms with van der Waals surface area (Å²) >= 11 is 1.56. The van der Waals surface area contributed by atoms with E-state index in [9.17, 15) is 9.59 Å². The molecule has 0 atom stereocenters. The minimum absolute atomic E-state index is 0.0407. The van der Waals surface area contributed by atoms with Crippen molar-refractivity contribution in [2.75, 3.05) is 10.6 Å². The standard InChI is InChI=1S/C17H17N3O2S/c21-15(10-7-8-10)18-12-4-1-3-11(9-12)16(22)20-17-19-13-5-2-6-14(13)23-17/h1,3-4,9-10H,2,5-8H2,(H,18,21)(H,19,20,22). The lowest BCUT2D eigenvalue weighted by Crippen LogP contribution is -2.15. The number of nitrogens with zero attached hydrogens (tertiary/aromatic N) is 1. The van der Waals surface area contributed by atoms with Crippen LogP contribution in [0.3, 0.4) is 0 Å². The first-order valence-corrected chi connectivity index (χ1v) is 8.71. The summed E-state index contributed by atoms with van der Waals surface area (Å²) in [6.45, 7) is 0. The molecule has 23 heavy (non-hydrogen) atoms. The van der Waals surface area contributed by atoms with Gasteiger partial charge in [0.05, 0.1) is 5.69 Å². The minimum atomic E-state index is -0.194. The number of carbonyl (C=O) groups is 2. The molecule has 1 heterocycles. The van der Waals surface area contributed by atoms with Crippen LogP contribution in [-0.2, 0) is 17.6 Å². The van der Waals surface area contributed by atoms with Crippen LogP contribution in [0.25, 0.3) is 0 Å².